The van der Waals surface area contributed by atoms with Crippen LogP contribution < -0.4 is 4.90 Å². The van der Waals surface area contributed by atoms with Crippen molar-refractivity contribution in [1.29, 1.82) is 0 Å². The van der Waals surface area contributed by atoms with E-state index in [2.05, 4.69) is 43.1 Å². The lowest BCUT2D eigenvalue weighted by atomic mass is 9.96. The summed E-state index contributed by atoms with van der Waals surface area (Å²) in [6.07, 6.45) is 4.40. The maximum Gasteiger partial charge on any atom is 0.229 e. The second kappa shape index (κ2) is 6.50. The van der Waals surface area contributed by atoms with Crippen molar-refractivity contribution in [2.24, 2.45) is 0 Å². The molecular formula is C19H18BrClN4O. The molecule has 3 heterocycles. The molecule has 2 aromatic heterocycles. The molecule has 0 unspecified atom stereocenters. The van der Waals surface area contributed by atoms with Gasteiger partial charge in [-0.3, -0.25) is 0 Å². The van der Waals surface area contributed by atoms with Crippen LogP contribution in [0.15, 0.2) is 33.3 Å². The summed E-state index contributed by atoms with van der Waals surface area (Å²) in [5.74, 6) is 3.59. The van der Waals surface area contributed by atoms with Gasteiger partial charge in [0.05, 0.1) is 10.5 Å². The van der Waals surface area contributed by atoms with Gasteiger partial charge < -0.3 is 9.42 Å². The first kappa shape index (κ1) is 16.5. The van der Waals surface area contributed by atoms with Crippen molar-refractivity contribution < 1.29 is 4.52 Å². The summed E-state index contributed by atoms with van der Waals surface area (Å²) < 4.78 is 6.39. The maximum absolute atomic E-state index is 6.37. The number of hydrogen-bond acceptors (Lipinski definition) is 5. The van der Waals surface area contributed by atoms with Gasteiger partial charge in [-0.15, -0.1) is 0 Å². The van der Waals surface area contributed by atoms with Crippen molar-refractivity contribution >= 4 is 44.3 Å². The fraction of sp³-hybridized carbons (Fsp3) is 0.421. The molecule has 3 aromatic rings. The molecule has 1 aliphatic carbocycles. The molecule has 0 atom stereocenters. The zero-order valence-electron chi connectivity index (χ0n) is 14.2. The monoisotopic (exact) mass is 432 g/mol. The minimum atomic E-state index is 0.377. The van der Waals surface area contributed by atoms with Crippen LogP contribution in [0, 0.1) is 0 Å². The Morgan fingerprint density at radius 1 is 1.04 bits per heavy atom. The molecule has 5 rings (SSSR count). The third kappa shape index (κ3) is 3.09. The van der Waals surface area contributed by atoms with Crippen molar-refractivity contribution in [2.75, 3.05) is 18.0 Å². The average Bonchev–Trinajstić information content (AvgIpc) is 3.38. The summed E-state index contributed by atoms with van der Waals surface area (Å²) in [5, 5.41) is 5.93. The highest BCUT2D eigenvalue weighted by atomic mass is 79.9. The van der Waals surface area contributed by atoms with Crippen LogP contribution in [-0.4, -0.2) is 28.2 Å². The van der Waals surface area contributed by atoms with E-state index in [4.69, 9.17) is 21.1 Å². The molecule has 1 saturated heterocycles. The van der Waals surface area contributed by atoms with Gasteiger partial charge in [0.2, 0.25) is 5.89 Å². The van der Waals surface area contributed by atoms with Crippen molar-refractivity contribution in [1.82, 2.24) is 15.1 Å². The van der Waals surface area contributed by atoms with Gasteiger partial charge in [0.15, 0.2) is 5.82 Å². The molecule has 2 aliphatic rings. The van der Waals surface area contributed by atoms with E-state index < -0.39 is 0 Å². The second-order valence-corrected chi connectivity index (χ2v) is 8.48. The minimum absolute atomic E-state index is 0.377. The fourth-order valence-corrected chi connectivity index (χ4v) is 4.48. The van der Waals surface area contributed by atoms with Crippen LogP contribution in [-0.2, 0) is 0 Å². The predicted molar refractivity (Wildman–Crippen MR) is 105 cm³/mol. The lowest BCUT2D eigenvalue weighted by molar-refractivity contribution is 0.364. The van der Waals surface area contributed by atoms with E-state index in [0.29, 0.717) is 16.9 Å². The van der Waals surface area contributed by atoms with Gasteiger partial charge in [-0.2, -0.15) is 4.98 Å². The van der Waals surface area contributed by atoms with Crippen LogP contribution in [0.25, 0.3) is 10.9 Å². The quantitative estimate of drug-likeness (QED) is 0.561. The molecule has 0 bridgehead atoms. The zero-order chi connectivity index (χ0) is 17.7. The Morgan fingerprint density at radius 2 is 1.85 bits per heavy atom. The van der Waals surface area contributed by atoms with E-state index in [1.165, 1.54) is 12.8 Å². The Labute approximate surface area is 164 Å². The molecule has 0 spiro atoms. The van der Waals surface area contributed by atoms with Crippen LogP contribution in [0.4, 0.5) is 5.82 Å². The van der Waals surface area contributed by atoms with Crippen LogP contribution in [0.2, 0.25) is 5.02 Å². The van der Waals surface area contributed by atoms with Crippen LogP contribution in [0.1, 0.15) is 49.2 Å². The summed E-state index contributed by atoms with van der Waals surface area (Å²) >= 11 is 9.85. The van der Waals surface area contributed by atoms with Crippen LogP contribution in [0.5, 0.6) is 0 Å². The van der Waals surface area contributed by atoms with E-state index in [0.717, 1.165) is 58.8 Å². The number of pyridine rings is 1. The molecule has 0 N–H and O–H groups in total. The normalized spacial score (nSPS) is 18.6. The maximum atomic E-state index is 6.37. The minimum Gasteiger partial charge on any atom is -0.357 e. The Bertz CT molecular complexity index is 963. The van der Waals surface area contributed by atoms with Gasteiger partial charge in [-0.05, 0) is 49.9 Å². The molecule has 0 radical (unpaired) electrons. The smallest absolute Gasteiger partial charge is 0.229 e. The number of aromatic nitrogens is 3. The van der Waals surface area contributed by atoms with Crippen molar-refractivity contribution in [3.8, 4) is 0 Å². The van der Waals surface area contributed by atoms with E-state index in [-0.39, 0.29) is 0 Å². The summed E-state index contributed by atoms with van der Waals surface area (Å²) in [5.41, 5.74) is 0.849. The Kier molecular flexibility index (Phi) is 4.13. The van der Waals surface area contributed by atoms with Gasteiger partial charge in [0.1, 0.15) is 5.82 Å². The topological polar surface area (TPSA) is 55.1 Å². The molecule has 0 amide bonds. The van der Waals surface area contributed by atoms with Crippen LogP contribution >= 0.6 is 27.5 Å². The van der Waals surface area contributed by atoms with Crippen molar-refractivity contribution in [2.45, 2.75) is 37.5 Å². The first-order valence-electron chi connectivity index (χ1n) is 9.01. The summed E-state index contributed by atoms with van der Waals surface area (Å²) in [6.45, 7) is 1.87. The molecule has 1 aromatic carbocycles. The molecular weight excluding hydrogens is 416 g/mol. The van der Waals surface area contributed by atoms with E-state index in [1.807, 2.05) is 12.1 Å². The summed E-state index contributed by atoms with van der Waals surface area (Å²) in [7, 11) is 0. The predicted octanol–water partition coefficient (Wildman–Crippen LogP) is 5.30. The lowest BCUT2D eigenvalue weighted by Gasteiger charge is -2.31. The Hall–Kier alpha value is -1.66. The molecule has 1 aliphatic heterocycles. The molecule has 2 fully saturated rings. The number of hydrogen-bond donors (Lipinski definition) is 0. The SMILES string of the molecule is Clc1cc(Br)cc2ccc(N3CCC(c4noc(C5CC5)n4)CC3)nc12. The van der Waals surface area contributed by atoms with Gasteiger partial charge in [0.25, 0.3) is 0 Å². The van der Waals surface area contributed by atoms with Crippen molar-refractivity contribution in [3.63, 3.8) is 0 Å². The third-order valence-corrected chi connectivity index (χ3v) is 6.01. The lowest BCUT2D eigenvalue weighted by Crippen LogP contribution is -2.33. The van der Waals surface area contributed by atoms with Gasteiger partial charge in [0, 0.05) is 34.8 Å². The highest BCUT2D eigenvalue weighted by Crippen LogP contribution is 2.40. The number of benzene rings is 1. The highest BCUT2D eigenvalue weighted by Gasteiger charge is 2.32. The molecule has 1 saturated carbocycles. The van der Waals surface area contributed by atoms with Gasteiger partial charge in [-0.25, -0.2) is 4.98 Å². The second-order valence-electron chi connectivity index (χ2n) is 7.16. The molecule has 134 valence electrons. The number of fused-ring (bicyclic) bond motifs is 1. The highest BCUT2D eigenvalue weighted by molar-refractivity contribution is 9.10. The Morgan fingerprint density at radius 3 is 2.62 bits per heavy atom. The fourth-order valence-electron chi connectivity index (χ4n) is 3.60. The first-order valence-corrected chi connectivity index (χ1v) is 10.2. The van der Waals surface area contributed by atoms with Gasteiger partial charge in [-0.1, -0.05) is 32.7 Å². The summed E-state index contributed by atoms with van der Waals surface area (Å²) in [4.78, 5) is 11.7. The zero-order valence-corrected chi connectivity index (χ0v) is 16.5. The largest absolute Gasteiger partial charge is 0.357 e. The number of piperidine rings is 1. The average molecular weight is 434 g/mol. The van der Waals surface area contributed by atoms with E-state index >= 15 is 0 Å². The number of halogens is 2. The first-order chi connectivity index (χ1) is 12.7. The van der Waals surface area contributed by atoms with Crippen LogP contribution in [0.3, 0.4) is 0 Å². The van der Waals surface area contributed by atoms with Gasteiger partial charge >= 0.3 is 0 Å². The van der Waals surface area contributed by atoms with E-state index in [1.54, 1.807) is 0 Å². The number of nitrogens with zero attached hydrogens (tertiary/aromatic N) is 4. The molecule has 7 heteroatoms. The number of anilines is 1. The Balaban J connectivity index is 1.32. The standard InChI is InChI=1S/C19H18BrClN4O/c20-14-9-13-3-4-16(22-17(13)15(21)10-14)25-7-5-11(6-8-25)18-23-19(26-24-18)12-1-2-12/h3-4,9-12H,1-2,5-8H2. The number of rotatable bonds is 3. The molecule has 26 heavy (non-hydrogen) atoms. The van der Waals surface area contributed by atoms with E-state index in [9.17, 15) is 0 Å². The summed E-state index contributed by atoms with van der Waals surface area (Å²) in [6, 6.07) is 8.09. The van der Waals surface area contributed by atoms with Crippen molar-refractivity contribution in [3.05, 3.63) is 45.5 Å². The molecule has 5 nitrogen and oxygen atoms in total. The third-order valence-electron chi connectivity index (χ3n) is 5.26.